The Morgan fingerprint density at radius 2 is 2.29 bits per heavy atom. The second kappa shape index (κ2) is 4.69. The van der Waals surface area contributed by atoms with Crippen molar-refractivity contribution in [2.45, 2.75) is 51.6 Å². The van der Waals surface area contributed by atoms with Crippen molar-refractivity contribution in [2.75, 3.05) is 5.32 Å². The SMILES string of the molecule is CCCCn1ncc(NC2(C)CC2)c(Cl)c1=O. The predicted molar refractivity (Wildman–Crippen MR) is 69.7 cm³/mol. The minimum Gasteiger partial charge on any atom is -0.377 e. The summed E-state index contributed by atoms with van der Waals surface area (Å²) in [4.78, 5) is 11.9. The van der Waals surface area contributed by atoms with Gasteiger partial charge in [0.25, 0.3) is 5.56 Å². The molecule has 1 fully saturated rings. The first-order valence-corrected chi connectivity index (χ1v) is 6.47. The Labute approximate surface area is 106 Å². The summed E-state index contributed by atoms with van der Waals surface area (Å²) in [7, 11) is 0. The Kier molecular flexibility index (Phi) is 3.43. The number of halogens is 1. The molecule has 1 aliphatic carbocycles. The molecule has 0 atom stereocenters. The summed E-state index contributed by atoms with van der Waals surface area (Å²) in [5.41, 5.74) is 0.562. The molecular weight excluding hydrogens is 238 g/mol. The molecular formula is C12H18ClN3O. The lowest BCUT2D eigenvalue weighted by molar-refractivity contribution is 0.543. The smallest absolute Gasteiger partial charge is 0.287 e. The van der Waals surface area contributed by atoms with Crippen LogP contribution >= 0.6 is 11.6 Å². The lowest BCUT2D eigenvalue weighted by atomic mass is 10.3. The van der Waals surface area contributed by atoms with Gasteiger partial charge in [-0.25, -0.2) is 4.68 Å². The van der Waals surface area contributed by atoms with Crippen LogP contribution in [0.25, 0.3) is 0 Å². The summed E-state index contributed by atoms with van der Waals surface area (Å²) in [5.74, 6) is 0. The second-order valence-corrected chi connectivity index (χ2v) is 5.32. The number of aryl methyl sites for hydroxylation is 1. The first-order chi connectivity index (χ1) is 8.06. The fourth-order valence-electron chi connectivity index (χ4n) is 1.66. The Hall–Kier alpha value is -1.03. The van der Waals surface area contributed by atoms with Crippen LogP contribution in [-0.4, -0.2) is 15.3 Å². The molecule has 1 N–H and O–H groups in total. The molecule has 2 rings (SSSR count). The first-order valence-electron chi connectivity index (χ1n) is 6.09. The number of hydrogen-bond donors (Lipinski definition) is 1. The molecule has 0 unspecified atom stereocenters. The molecule has 0 bridgehead atoms. The van der Waals surface area contributed by atoms with Crippen molar-refractivity contribution < 1.29 is 0 Å². The van der Waals surface area contributed by atoms with Crippen LogP contribution in [0.4, 0.5) is 5.69 Å². The second-order valence-electron chi connectivity index (χ2n) is 4.94. The Bertz CT molecular complexity index is 465. The molecule has 5 heteroatoms. The summed E-state index contributed by atoms with van der Waals surface area (Å²) in [6, 6.07) is 0. The van der Waals surface area contributed by atoms with Crippen LogP contribution in [0.15, 0.2) is 11.0 Å². The van der Waals surface area contributed by atoms with Crippen LogP contribution in [0, 0.1) is 0 Å². The van der Waals surface area contributed by atoms with Gasteiger partial charge in [0.2, 0.25) is 0 Å². The Morgan fingerprint density at radius 1 is 1.59 bits per heavy atom. The van der Waals surface area contributed by atoms with Crippen molar-refractivity contribution in [1.29, 1.82) is 0 Å². The van der Waals surface area contributed by atoms with Gasteiger partial charge in [0.1, 0.15) is 5.02 Å². The van der Waals surface area contributed by atoms with Crippen LogP contribution in [-0.2, 0) is 6.54 Å². The van der Waals surface area contributed by atoms with Gasteiger partial charge in [-0.15, -0.1) is 0 Å². The summed E-state index contributed by atoms with van der Waals surface area (Å²) >= 11 is 6.08. The largest absolute Gasteiger partial charge is 0.377 e. The highest BCUT2D eigenvalue weighted by Crippen LogP contribution is 2.38. The third-order valence-corrected chi connectivity index (χ3v) is 3.51. The molecule has 1 saturated carbocycles. The predicted octanol–water partition coefficient (Wildman–Crippen LogP) is 2.66. The molecule has 1 heterocycles. The zero-order valence-electron chi connectivity index (χ0n) is 10.3. The Morgan fingerprint density at radius 3 is 2.88 bits per heavy atom. The number of nitrogens with one attached hydrogen (secondary N) is 1. The van der Waals surface area contributed by atoms with Crippen LogP contribution in [0.3, 0.4) is 0 Å². The monoisotopic (exact) mass is 255 g/mol. The van der Waals surface area contributed by atoms with E-state index in [2.05, 4.69) is 24.3 Å². The summed E-state index contributed by atoms with van der Waals surface area (Å²) in [5, 5.41) is 7.68. The van der Waals surface area contributed by atoms with Crippen molar-refractivity contribution in [3.63, 3.8) is 0 Å². The van der Waals surface area contributed by atoms with Gasteiger partial charge in [-0.1, -0.05) is 24.9 Å². The van der Waals surface area contributed by atoms with E-state index in [0.29, 0.717) is 12.2 Å². The molecule has 1 aromatic heterocycles. The number of aromatic nitrogens is 2. The lowest BCUT2D eigenvalue weighted by Crippen LogP contribution is -2.26. The number of anilines is 1. The maximum absolute atomic E-state index is 11.9. The summed E-state index contributed by atoms with van der Waals surface area (Å²) in [6.07, 6.45) is 5.85. The minimum absolute atomic E-state index is 0.105. The molecule has 94 valence electrons. The van der Waals surface area contributed by atoms with Gasteiger partial charge in [0.15, 0.2) is 0 Å². The molecule has 0 aliphatic heterocycles. The molecule has 17 heavy (non-hydrogen) atoms. The topological polar surface area (TPSA) is 46.9 Å². The van der Waals surface area contributed by atoms with Crippen molar-refractivity contribution in [2.24, 2.45) is 0 Å². The van der Waals surface area contributed by atoms with Gasteiger partial charge < -0.3 is 5.32 Å². The van der Waals surface area contributed by atoms with E-state index in [0.717, 1.165) is 25.7 Å². The van der Waals surface area contributed by atoms with Gasteiger partial charge in [-0.05, 0) is 26.2 Å². The number of unbranched alkanes of at least 4 members (excludes halogenated alkanes) is 1. The van der Waals surface area contributed by atoms with Gasteiger partial charge in [-0.3, -0.25) is 4.79 Å². The highest BCUT2D eigenvalue weighted by Gasteiger charge is 2.37. The van der Waals surface area contributed by atoms with Crippen LogP contribution in [0.5, 0.6) is 0 Å². The molecule has 0 saturated heterocycles. The summed E-state index contributed by atoms with van der Waals surface area (Å²) < 4.78 is 1.44. The third kappa shape index (κ3) is 2.80. The fourth-order valence-corrected chi connectivity index (χ4v) is 1.85. The van der Waals surface area contributed by atoms with E-state index in [-0.39, 0.29) is 16.1 Å². The van der Waals surface area contributed by atoms with E-state index in [1.807, 2.05) is 0 Å². The minimum atomic E-state index is -0.200. The normalized spacial score (nSPS) is 16.9. The maximum Gasteiger partial charge on any atom is 0.287 e. The average molecular weight is 256 g/mol. The highest BCUT2D eigenvalue weighted by atomic mass is 35.5. The van der Waals surface area contributed by atoms with Crippen molar-refractivity contribution >= 4 is 17.3 Å². The van der Waals surface area contributed by atoms with Gasteiger partial charge in [0.05, 0.1) is 11.9 Å². The standard InChI is InChI=1S/C12H18ClN3O/c1-3-4-7-16-11(17)10(13)9(8-14-16)15-12(2)5-6-12/h8,15H,3-7H2,1-2H3. The summed E-state index contributed by atoms with van der Waals surface area (Å²) in [6.45, 7) is 4.83. The van der Waals surface area contributed by atoms with E-state index in [9.17, 15) is 4.79 Å². The quantitative estimate of drug-likeness (QED) is 0.880. The van der Waals surface area contributed by atoms with E-state index in [4.69, 9.17) is 11.6 Å². The number of nitrogens with zero attached hydrogens (tertiary/aromatic N) is 2. The molecule has 0 amide bonds. The van der Waals surface area contributed by atoms with E-state index >= 15 is 0 Å². The van der Waals surface area contributed by atoms with E-state index in [1.165, 1.54) is 4.68 Å². The fraction of sp³-hybridized carbons (Fsp3) is 0.667. The number of hydrogen-bond acceptors (Lipinski definition) is 3. The molecule has 0 radical (unpaired) electrons. The van der Waals surface area contributed by atoms with Crippen LogP contribution in [0.1, 0.15) is 39.5 Å². The lowest BCUT2D eigenvalue weighted by Gasteiger charge is -2.14. The van der Waals surface area contributed by atoms with Gasteiger partial charge in [0, 0.05) is 12.1 Å². The Balaban J connectivity index is 2.19. The average Bonchev–Trinajstić information content (AvgIpc) is 3.02. The van der Waals surface area contributed by atoms with Crippen molar-refractivity contribution in [1.82, 2.24) is 9.78 Å². The number of rotatable bonds is 5. The third-order valence-electron chi connectivity index (χ3n) is 3.14. The molecule has 4 nitrogen and oxygen atoms in total. The molecule has 1 aromatic rings. The maximum atomic E-state index is 11.9. The van der Waals surface area contributed by atoms with Crippen molar-refractivity contribution in [3.05, 3.63) is 21.6 Å². The molecule has 0 spiro atoms. The van der Waals surface area contributed by atoms with Crippen LogP contribution < -0.4 is 10.9 Å². The highest BCUT2D eigenvalue weighted by molar-refractivity contribution is 6.32. The van der Waals surface area contributed by atoms with E-state index < -0.39 is 0 Å². The zero-order chi connectivity index (χ0) is 12.5. The van der Waals surface area contributed by atoms with Gasteiger partial charge in [-0.2, -0.15) is 5.10 Å². The van der Waals surface area contributed by atoms with Crippen molar-refractivity contribution in [3.8, 4) is 0 Å². The molecule has 1 aliphatic rings. The van der Waals surface area contributed by atoms with Gasteiger partial charge >= 0.3 is 0 Å². The zero-order valence-corrected chi connectivity index (χ0v) is 11.0. The molecule has 0 aromatic carbocycles. The first kappa shape index (κ1) is 12.4. The van der Waals surface area contributed by atoms with E-state index in [1.54, 1.807) is 6.20 Å². The van der Waals surface area contributed by atoms with Crippen LogP contribution in [0.2, 0.25) is 5.02 Å².